The van der Waals surface area contributed by atoms with Crippen LogP contribution in [0.2, 0.25) is 25.7 Å². The monoisotopic (exact) mass is 236 g/mol. The summed E-state index contributed by atoms with van der Waals surface area (Å²) in [5.74, 6) is -0.198. The highest BCUT2D eigenvalue weighted by atomic mass is 28.3. The van der Waals surface area contributed by atoms with Gasteiger partial charge in [0.05, 0.1) is 12.2 Å². The van der Waals surface area contributed by atoms with Gasteiger partial charge in [0.15, 0.2) is 0 Å². The number of carbonyl (C=O) groups is 1. The van der Waals surface area contributed by atoms with Gasteiger partial charge in [0.2, 0.25) is 0 Å². The molecule has 16 heavy (non-hydrogen) atoms. The van der Waals surface area contributed by atoms with Crippen molar-refractivity contribution >= 4 is 14.0 Å². The van der Waals surface area contributed by atoms with E-state index in [1.165, 1.54) is 0 Å². The van der Waals surface area contributed by atoms with Crippen molar-refractivity contribution in [1.29, 1.82) is 0 Å². The fourth-order valence-electron chi connectivity index (χ4n) is 1.33. The van der Waals surface area contributed by atoms with Crippen molar-refractivity contribution in [3.05, 3.63) is 35.4 Å². The summed E-state index contributed by atoms with van der Waals surface area (Å²) in [5.41, 5.74) is 1.65. The van der Waals surface area contributed by atoms with Crippen LogP contribution in [0.15, 0.2) is 24.3 Å². The molecule has 2 nitrogen and oxygen atoms in total. The Balaban J connectivity index is 2.51. The molecule has 3 heteroatoms. The van der Waals surface area contributed by atoms with Gasteiger partial charge in [-0.25, -0.2) is 4.79 Å². The molecule has 0 spiro atoms. The smallest absolute Gasteiger partial charge is 0.338 e. The van der Waals surface area contributed by atoms with E-state index in [4.69, 9.17) is 4.74 Å². The molecule has 0 aliphatic heterocycles. The van der Waals surface area contributed by atoms with Gasteiger partial charge in [0, 0.05) is 8.07 Å². The highest BCUT2D eigenvalue weighted by Gasteiger charge is 2.15. The largest absolute Gasteiger partial charge is 0.462 e. The molecule has 0 amide bonds. The Hall–Kier alpha value is -1.09. The number of benzene rings is 1. The Kier molecular flexibility index (Phi) is 4.30. The van der Waals surface area contributed by atoms with E-state index in [2.05, 4.69) is 19.6 Å². The first-order valence-corrected chi connectivity index (χ1v) is 9.33. The second-order valence-corrected chi connectivity index (χ2v) is 10.9. The molecule has 0 N–H and O–H groups in total. The SMILES string of the molecule is Cc1ccccc1C(=O)OCC[Si](C)(C)C. The average Bonchev–Trinajstić information content (AvgIpc) is 2.16. The Morgan fingerprint density at radius 1 is 1.25 bits per heavy atom. The molecule has 0 atom stereocenters. The van der Waals surface area contributed by atoms with E-state index in [9.17, 15) is 4.79 Å². The maximum Gasteiger partial charge on any atom is 0.338 e. The van der Waals surface area contributed by atoms with Gasteiger partial charge in [0.25, 0.3) is 0 Å². The van der Waals surface area contributed by atoms with Crippen LogP contribution in [0.5, 0.6) is 0 Å². The van der Waals surface area contributed by atoms with Crippen molar-refractivity contribution in [2.24, 2.45) is 0 Å². The van der Waals surface area contributed by atoms with Gasteiger partial charge in [-0.3, -0.25) is 0 Å². The summed E-state index contributed by atoms with van der Waals surface area (Å²) in [6, 6.07) is 8.54. The quantitative estimate of drug-likeness (QED) is 0.591. The number of hydrogen-bond donors (Lipinski definition) is 0. The lowest BCUT2D eigenvalue weighted by Crippen LogP contribution is -2.22. The van der Waals surface area contributed by atoms with Crippen molar-refractivity contribution in [2.45, 2.75) is 32.6 Å². The van der Waals surface area contributed by atoms with Crippen LogP contribution in [0.1, 0.15) is 15.9 Å². The lowest BCUT2D eigenvalue weighted by atomic mass is 10.1. The maximum atomic E-state index is 11.7. The fraction of sp³-hybridized carbons (Fsp3) is 0.462. The van der Waals surface area contributed by atoms with Crippen LogP contribution in [-0.2, 0) is 4.74 Å². The highest BCUT2D eigenvalue weighted by Crippen LogP contribution is 2.11. The van der Waals surface area contributed by atoms with Crippen LogP contribution in [-0.4, -0.2) is 20.7 Å². The van der Waals surface area contributed by atoms with Crippen LogP contribution in [0.3, 0.4) is 0 Å². The third-order valence-electron chi connectivity index (χ3n) is 2.45. The fourth-order valence-corrected chi connectivity index (χ4v) is 2.04. The first-order valence-electron chi connectivity index (χ1n) is 5.63. The van der Waals surface area contributed by atoms with E-state index < -0.39 is 8.07 Å². The third kappa shape index (κ3) is 4.19. The predicted octanol–water partition coefficient (Wildman–Crippen LogP) is 3.49. The van der Waals surface area contributed by atoms with Crippen molar-refractivity contribution in [3.8, 4) is 0 Å². The number of hydrogen-bond acceptors (Lipinski definition) is 2. The van der Waals surface area contributed by atoms with Gasteiger partial charge in [0.1, 0.15) is 0 Å². The molecular weight excluding hydrogens is 216 g/mol. The molecule has 0 aliphatic carbocycles. The molecule has 1 rings (SSSR count). The van der Waals surface area contributed by atoms with Crippen LogP contribution >= 0.6 is 0 Å². The van der Waals surface area contributed by atoms with Gasteiger partial charge in [-0.1, -0.05) is 37.8 Å². The molecule has 1 aromatic rings. The molecular formula is C13H20O2Si. The standard InChI is InChI=1S/C13H20O2Si/c1-11-7-5-6-8-12(11)13(14)15-9-10-16(2,3)4/h5-8H,9-10H2,1-4H3. The summed E-state index contributed by atoms with van der Waals surface area (Å²) in [4.78, 5) is 11.7. The number of rotatable bonds is 4. The lowest BCUT2D eigenvalue weighted by Gasteiger charge is -2.15. The molecule has 0 saturated heterocycles. The van der Waals surface area contributed by atoms with Crippen molar-refractivity contribution in [1.82, 2.24) is 0 Å². The van der Waals surface area contributed by atoms with Gasteiger partial charge < -0.3 is 4.74 Å². The Labute approximate surface area is 98.6 Å². The Morgan fingerprint density at radius 2 is 1.88 bits per heavy atom. The zero-order chi connectivity index (χ0) is 12.2. The minimum atomic E-state index is -1.12. The summed E-state index contributed by atoms with van der Waals surface area (Å²) in [5, 5.41) is 0. The van der Waals surface area contributed by atoms with Crippen LogP contribution in [0, 0.1) is 6.92 Å². The van der Waals surface area contributed by atoms with E-state index in [1.807, 2.05) is 31.2 Å². The zero-order valence-electron chi connectivity index (χ0n) is 10.5. The van der Waals surface area contributed by atoms with Crippen molar-refractivity contribution in [2.75, 3.05) is 6.61 Å². The highest BCUT2D eigenvalue weighted by molar-refractivity contribution is 6.76. The molecule has 88 valence electrons. The molecule has 0 unspecified atom stereocenters. The first kappa shape index (κ1) is 13.0. The van der Waals surface area contributed by atoms with Crippen molar-refractivity contribution in [3.63, 3.8) is 0 Å². The van der Waals surface area contributed by atoms with Gasteiger partial charge in [-0.2, -0.15) is 0 Å². The van der Waals surface area contributed by atoms with E-state index in [0.29, 0.717) is 12.2 Å². The normalized spacial score (nSPS) is 11.2. The molecule has 0 saturated carbocycles. The molecule has 0 radical (unpaired) electrons. The van der Waals surface area contributed by atoms with Gasteiger partial charge >= 0.3 is 5.97 Å². The first-order chi connectivity index (χ1) is 7.40. The Morgan fingerprint density at radius 3 is 2.44 bits per heavy atom. The molecule has 0 aromatic heterocycles. The van der Waals surface area contributed by atoms with Crippen molar-refractivity contribution < 1.29 is 9.53 Å². The average molecular weight is 236 g/mol. The molecule has 0 aliphatic rings. The summed E-state index contributed by atoms with van der Waals surface area (Å²) in [6.07, 6.45) is 0. The predicted molar refractivity (Wildman–Crippen MR) is 69.6 cm³/mol. The number of carbonyl (C=O) groups excluding carboxylic acids is 1. The molecule has 0 heterocycles. The minimum Gasteiger partial charge on any atom is -0.462 e. The van der Waals surface area contributed by atoms with Crippen LogP contribution < -0.4 is 0 Å². The van der Waals surface area contributed by atoms with Gasteiger partial charge in [-0.05, 0) is 24.6 Å². The van der Waals surface area contributed by atoms with E-state index in [-0.39, 0.29) is 5.97 Å². The van der Waals surface area contributed by atoms with E-state index >= 15 is 0 Å². The Bertz CT molecular complexity index is 366. The number of aryl methyl sites for hydroxylation is 1. The minimum absolute atomic E-state index is 0.198. The van der Waals surface area contributed by atoms with E-state index in [1.54, 1.807) is 0 Å². The topological polar surface area (TPSA) is 26.3 Å². The second-order valence-electron chi connectivity index (χ2n) is 5.26. The zero-order valence-corrected chi connectivity index (χ0v) is 11.5. The summed E-state index contributed by atoms with van der Waals surface area (Å²) in [6.45, 7) is 9.29. The number of ether oxygens (including phenoxy) is 1. The summed E-state index contributed by atoms with van der Waals surface area (Å²) >= 11 is 0. The summed E-state index contributed by atoms with van der Waals surface area (Å²) < 4.78 is 5.28. The number of esters is 1. The van der Waals surface area contributed by atoms with Crippen LogP contribution in [0.25, 0.3) is 0 Å². The molecule has 0 fully saturated rings. The summed E-state index contributed by atoms with van der Waals surface area (Å²) in [7, 11) is -1.12. The maximum absolute atomic E-state index is 11.7. The van der Waals surface area contributed by atoms with E-state index in [0.717, 1.165) is 11.6 Å². The third-order valence-corrected chi connectivity index (χ3v) is 4.15. The molecule has 1 aromatic carbocycles. The molecule has 0 bridgehead atoms. The second kappa shape index (κ2) is 5.30. The lowest BCUT2D eigenvalue weighted by molar-refractivity contribution is 0.0524. The van der Waals surface area contributed by atoms with Gasteiger partial charge in [-0.15, -0.1) is 0 Å². The van der Waals surface area contributed by atoms with Crippen LogP contribution in [0.4, 0.5) is 0 Å².